The molecule has 1 aromatic carbocycles. The van der Waals surface area contributed by atoms with Crippen LogP contribution in [0, 0.1) is 12.7 Å². The van der Waals surface area contributed by atoms with Gasteiger partial charge in [-0.25, -0.2) is 9.07 Å². The maximum absolute atomic E-state index is 12.8. The van der Waals surface area contributed by atoms with Crippen LogP contribution in [-0.2, 0) is 6.54 Å². The summed E-state index contributed by atoms with van der Waals surface area (Å²) in [5.74, 6) is 0.249. The van der Waals surface area contributed by atoms with Crippen molar-refractivity contribution in [3.63, 3.8) is 0 Å². The Labute approximate surface area is 97.6 Å². The average Bonchev–Trinajstić information content (AvgIpc) is 2.54. The molecule has 0 bridgehead atoms. The minimum absolute atomic E-state index is 0.349. The van der Waals surface area contributed by atoms with Crippen molar-refractivity contribution < 1.29 is 4.39 Å². The topological polar surface area (TPSA) is 43.8 Å². The van der Waals surface area contributed by atoms with E-state index < -0.39 is 0 Å². The van der Waals surface area contributed by atoms with Gasteiger partial charge in [0.2, 0.25) is 0 Å². The zero-order valence-corrected chi connectivity index (χ0v) is 9.50. The third-order valence-electron chi connectivity index (χ3n) is 2.41. The van der Waals surface area contributed by atoms with E-state index >= 15 is 0 Å². The monoisotopic (exact) mass is 239 g/mol. The first-order chi connectivity index (χ1) is 7.58. The van der Waals surface area contributed by atoms with Crippen LogP contribution >= 0.6 is 11.6 Å². The second-order valence-electron chi connectivity index (χ2n) is 3.61. The predicted octanol–water partition coefficient (Wildman–Crippen LogP) is 2.61. The van der Waals surface area contributed by atoms with Crippen molar-refractivity contribution in [3.8, 4) is 0 Å². The van der Waals surface area contributed by atoms with Crippen LogP contribution in [0.5, 0.6) is 0 Å². The first-order valence-electron chi connectivity index (χ1n) is 4.79. The highest BCUT2D eigenvalue weighted by atomic mass is 35.5. The molecule has 0 aliphatic rings. The zero-order chi connectivity index (χ0) is 11.7. The summed E-state index contributed by atoms with van der Waals surface area (Å²) < 4.78 is 14.5. The number of rotatable bonds is 2. The van der Waals surface area contributed by atoms with E-state index in [0.29, 0.717) is 17.4 Å². The van der Waals surface area contributed by atoms with Crippen molar-refractivity contribution >= 4 is 17.4 Å². The lowest BCUT2D eigenvalue weighted by atomic mass is 10.2. The molecule has 16 heavy (non-hydrogen) atoms. The summed E-state index contributed by atoms with van der Waals surface area (Å²) in [7, 11) is 0. The number of nitrogen functional groups attached to an aromatic ring is 1. The molecule has 0 saturated heterocycles. The van der Waals surface area contributed by atoms with Gasteiger partial charge in [0.05, 0.1) is 12.7 Å². The summed E-state index contributed by atoms with van der Waals surface area (Å²) in [6.45, 7) is 2.32. The summed E-state index contributed by atoms with van der Waals surface area (Å²) in [5, 5.41) is 4.50. The Bertz CT molecular complexity index is 522. The number of hydrogen-bond donors (Lipinski definition) is 1. The highest BCUT2D eigenvalue weighted by Gasteiger charge is 2.07. The molecule has 3 nitrogen and oxygen atoms in total. The Kier molecular flexibility index (Phi) is 2.83. The molecule has 84 valence electrons. The predicted molar refractivity (Wildman–Crippen MR) is 61.9 cm³/mol. The number of nitrogens with two attached hydrogens (primary N) is 1. The fourth-order valence-electron chi connectivity index (χ4n) is 1.43. The molecule has 2 N–H and O–H groups in total. The quantitative estimate of drug-likeness (QED) is 0.876. The second kappa shape index (κ2) is 4.14. The Morgan fingerprint density at radius 2 is 2.25 bits per heavy atom. The smallest absolute Gasteiger partial charge is 0.124 e. The standard InChI is InChI=1S/C11H11ClFN3/c1-7-5-15-16(11(7)14)6-8-2-3-9(13)4-10(8)12/h2-5H,6,14H2,1H3. The summed E-state index contributed by atoms with van der Waals surface area (Å²) >= 11 is 5.92. The third-order valence-corrected chi connectivity index (χ3v) is 2.76. The molecule has 0 aliphatic carbocycles. The summed E-state index contributed by atoms with van der Waals surface area (Å²) in [6, 6.07) is 4.28. The van der Waals surface area contributed by atoms with Crippen LogP contribution < -0.4 is 5.73 Å². The molecule has 2 aromatic rings. The Balaban J connectivity index is 2.30. The van der Waals surface area contributed by atoms with Crippen LogP contribution in [0.4, 0.5) is 10.2 Å². The molecule has 5 heteroatoms. The van der Waals surface area contributed by atoms with E-state index in [-0.39, 0.29) is 5.82 Å². The Morgan fingerprint density at radius 3 is 2.81 bits per heavy atom. The molecule has 2 rings (SSSR count). The van der Waals surface area contributed by atoms with Gasteiger partial charge in [0.1, 0.15) is 11.6 Å². The number of benzene rings is 1. The lowest BCUT2D eigenvalue weighted by Gasteiger charge is -2.06. The van der Waals surface area contributed by atoms with Gasteiger partial charge < -0.3 is 5.73 Å². The van der Waals surface area contributed by atoms with Crippen molar-refractivity contribution in [2.45, 2.75) is 13.5 Å². The first-order valence-corrected chi connectivity index (χ1v) is 5.17. The van der Waals surface area contributed by atoms with E-state index in [4.69, 9.17) is 17.3 Å². The van der Waals surface area contributed by atoms with Gasteiger partial charge in [-0.15, -0.1) is 0 Å². The van der Waals surface area contributed by atoms with Crippen LogP contribution in [0.1, 0.15) is 11.1 Å². The van der Waals surface area contributed by atoms with E-state index in [9.17, 15) is 4.39 Å². The molecule has 0 unspecified atom stereocenters. The molecule has 1 aromatic heterocycles. The minimum atomic E-state index is -0.349. The van der Waals surface area contributed by atoms with Crippen LogP contribution in [0.15, 0.2) is 24.4 Å². The van der Waals surface area contributed by atoms with E-state index in [1.807, 2.05) is 6.92 Å². The van der Waals surface area contributed by atoms with Crippen LogP contribution in [-0.4, -0.2) is 9.78 Å². The molecule has 1 heterocycles. The SMILES string of the molecule is Cc1cnn(Cc2ccc(F)cc2Cl)c1N. The van der Waals surface area contributed by atoms with E-state index in [2.05, 4.69) is 5.10 Å². The van der Waals surface area contributed by atoms with Crippen molar-refractivity contribution in [2.75, 3.05) is 5.73 Å². The van der Waals surface area contributed by atoms with Crippen molar-refractivity contribution in [1.82, 2.24) is 9.78 Å². The maximum atomic E-state index is 12.8. The first kappa shape index (κ1) is 11.0. The number of aryl methyl sites for hydroxylation is 1. The summed E-state index contributed by atoms with van der Waals surface area (Å²) in [6.07, 6.45) is 1.69. The van der Waals surface area contributed by atoms with E-state index in [1.54, 1.807) is 16.9 Å². The second-order valence-corrected chi connectivity index (χ2v) is 4.01. The minimum Gasteiger partial charge on any atom is -0.384 e. The molecule has 0 aliphatic heterocycles. The van der Waals surface area contributed by atoms with Gasteiger partial charge in [-0.05, 0) is 24.6 Å². The van der Waals surface area contributed by atoms with Gasteiger partial charge in [0.25, 0.3) is 0 Å². The van der Waals surface area contributed by atoms with Gasteiger partial charge in [-0.3, -0.25) is 0 Å². The number of halogens is 2. The average molecular weight is 240 g/mol. The number of anilines is 1. The van der Waals surface area contributed by atoms with Gasteiger partial charge in [0.15, 0.2) is 0 Å². The van der Waals surface area contributed by atoms with Gasteiger partial charge in [0, 0.05) is 10.6 Å². The van der Waals surface area contributed by atoms with Crippen molar-refractivity contribution in [1.29, 1.82) is 0 Å². The molecule has 0 fully saturated rings. The number of hydrogen-bond acceptors (Lipinski definition) is 2. The lowest BCUT2D eigenvalue weighted by Crippen LogP contribution is -2.06. The van der Waals surface area contributed by atoms with Gasteiger partial charge in [-0.2, -0.15) is 5.10 Å². The van der Waals surface area contributed by atoms with Crippen molar-refractivity contribution in [3.05, 3.63) is 46.4 Å². The summed E-state index contributed by atoms with van der Waals surface area (Å²) in [5.41, 5.74) is 7.52. The molecule has 0 spiro atoms. The highest BCUT2D eigenvalue weighted by molar-refractivity contribution is 6.31. The zero-order valence-electron chi connectivity index (χ0n) is 8.74. The largest absolute Gasteiger partial charge is 0.384 e. The van der Waals surface area contributed by atoms with Crippen LogP contribution in [0.3, 0.4) is 0 Å². The Hall–Kier alpha value is -1.55. The normalized spacial score (nSPS) is 10.7. The number of aromatic nitrogens is 2. The van der Waals surface area contributed by atoms with Crippen LogP contribution in [0.25, 0.3) is 0 Å². The third kappa shape index (κ3) is 2.02. The fraction of sp³-hybridized carbons (Fsp3) is 0.182. The maximum Gasteiger partial charge on any atom is 0.124 e. The molecular weight excluding hydrogens is 229 g/mol. The lowest BCUT2D eigenvalue weighted by molar-refractivity contribution is 0.625. The van der Waals surface area contributed by atoms with Gasteiger partial charge >= 0.3 is 0 Å². The molecule has 0 radical (unpaired) electrons. The molecule has 0 atom stereocenters. The Morgan fingerprint density at radius 1 is 1.50 bits per heavy atom. The molecule has 0 amide bonds. The van der Waals surface area contributed by atoms with E-state index in [1.165, 1.54) is 12.1 Å². The van der Waals surface area contributed by atoms with Crippen LogP contribution in [0.2, 0.25) is 5.02 Å². The van der Waals surface area contributed by atoms with Gasteiger partial charge in [-0.1, -0.05) is 17.7 Å². The number of nitrogens with zero attached hydrogens (tertiary/aromatic N) is 2. The highest BCUT2D eigenvalue weighted by Crippen LogP contribution is 2.20. The molecule has 0 saturated carbocycles. The molecular formula is C11H11ClFN3. The fourth-order valence-corrected chi connectivity index (χ4v) is 1.65. The van der Waals surface area contributed by atoms with Crippen molar-refractivity contribution in [2.24, 2.45) is 0 Å². The summed E-state index contributed by atoms with van der Waals surface area (Å²) in [4.78, 5) is 0. The van der Waals surface area contributed by atoms with E-state index in [0.717, 1.165) is 11.1 Å².